The second-order valence-corrected chi connectivity index (χ2v) is 4.80. The summed E-state index contributed by atoms with van der Waals surface area (Å²) in [6.07, 6.45) is 9.34. The van der Waals surface area contributed by atoms with Crippen LogP contribution in [-0.2, 0) is 0 Å². The normalized spacial score (nSPS) is 16.6. The molecule has 0 unspecified atom stereocenters. The number of nitrogens with two attached hydrogens (primary N) is 1. The first kappa shape index (κ1) is 13.1. The second-order valence-electron chi connectivity index (χ2n) is 4.80. The third-order valence-electron chi connectivity index (χ3n) is 3.22. The molecule has 0 aromatic rings. The summed E-state index contributed by atoms with van der Waals surface area (Å²) in [4.78, 5) is 0. The highest BCUT2D eigenvalue weighted by molar-refractivity contribution is 5.30. The molecule has 1 aliphatic carbocycles. The summed E-state index contributed by atoms with van der Waals surface area (Å²) in [6.45, 7) is 6.61. The van der Waals surface area contributed by atoms with Gasteiger partial charge < -0.3 is 11.1 Å². The Morgan fingerprint density at radius 2 is 1.88 bits per heavy atom. The minimum absolute atomic E-state index is 0.647. The molecule has 1 aliphatic rings. The first-order chi connectivity index (χ1) is 7.67. The predicted molar refractivity (Wildman–Crippen MR) is 70.9 cm³/mol. The van der Waals surface area contributed by atoms with Crippen LogP contribution >= 0.6 is 0 Å². The van der Waals surface area contributed by atoms with E-state index < -0.39 is 0 Å². The zero-order chi connectivity index (χ0) is 12.0. The Morgan fingerprint density at radius 1 is 1.25 bits per heavy atom. The Morgan fingerprint density at radius 3 is 2.38 bits per heavy atom. The van der Waals surface area contributed by atoms with Gasteiger partial charge in [-0.25, -0.2) is 0 Å². The van der Waals surface area contributed by atoms with E-state index in [0.717, 1.165) is 18.5 Å². The standard InChI is InChI=1S/C14H26N2/c1-4-6-12(7-5-2)16-13-8-9-14(15)11(3)10-13/h10,12,16H,4-9,15H2,1-3H3. The molecule has 2 nitrogen and oxygen atoms in total. The van der Waals surface area contributed by atoms with Crippen molar-refractivity contribution in [2.45, 2.75) is 65.3 Å². The number of hydrogen-bond donors (Lipinski definition) is 2. The first-order valence-corrected chi connectivity index (χ1v) is 6.59. The summed E-state index contributed by atoms with van der Waals surface area (Å²) in [5.74, 6) is 0. The van der Waals surface area contributed by atoms with Crippen molar-refractivity contribution in [3.05, 3.63) is 23.0 Å². The fourth-order valence-electron chi connectivity index (χ4n) is 2.25. The highest BCUT2D eigenvalue weighted by atomic mass is 14.9. The Hall–Kier alpha value is -0.920. The maximum absolute atomic E-state index is 5.90. The van der Waals surface area contributed by atoms with Gasteiger partial charge in [-0.2, -0.15) is 0 Å². The van der Waals surface area contributed by atoms with Crippen molar-refractivity contribution in [2.75, 3.05) is 0 Å². The maximum Gasteiger partial charge on any atom is 0.0258 e. The fourth-order valence-corrected chi connectivity index (χ4v) is 2.25. The number of rotatable bonds is 6. The molecule has 0 aromatic heterocycles. The quantitative estimate of drug-likeness (QED) is 0.722. The number of allylic oxidation sites excluding steroid dienone is 4. The summed E-state index contributed by atoms with van der Waals surface area (Å²) in [7, 11) is 0. The number of hydrogen-bond acceptors (Lipinski definition) is 2. The van der Waals surface area contributed by atoms with Crippen LogP contribution in [0, 0.1) is 0 Å². The molecule has 16 heavy (non-hydrogen) atoms. The molecule has 0 fully saturated rings. The molecule has 0 radical (unpaired) electrons. The summed E-state index contributed by atoms with van der Waals surface area (Å²) < 4.78 is 0. The lowest BCUT2D eigenvalue weighted by atomic mass is 10.00. The third-order valence-corrected chi connectivity index (χ3v) is 3.22. The summed E-state index contributed by atoms with van der Waals surface area (Å²) >= 11 is 0. The average molecular weight is 222 g/mol. The zero-order valence-electron chi connectivity index (χ0n) is 11.0. The van der Waals surface area contributed by atoms with Crippen LogP contribution in [0.3, 0.4) is 0 Å². The van der Waals surface area contributed by atoms with Gasteiger partial charge in [0.05, 0.1) is 0 Å². The predicted octanol–water partition coefficient (Wildman–Crippen LogP) is 3.46. The lowest BCUT2D eigenvalue weighted by molar-refractivity contribution is 0.472. The molecule has 92 valence electrons. The largest absolute Gasteiger partial charge is 0.402 e. The van der Waals surface area contributed by atoms with Crippen LogP contribution < -0.4 is 11.1 Å². The van der Waals surface area contributed by atoms with Crippen molar-refractivity contribution in [1.29, 1.82) is 0 Å². The molecular formula is C14H26N2. The average Bonchev–Trinajstić information content (AvgIpc) is 2.24. The van der Waals surface area contributed by atoms with Crippen molar-refractivity contribution in [3.63, 3.8) is 0 Å². The monoisotopic (exact) mass is 222 g/mol. The molecule has 0 amide bonds. The van der Waals surface area contributed by atoms with E-state index in [9.17, 15) is 0 Å². The SMILES string of the molecule is CCCC(CCC)NC1=CC(C)=C(N)CC1. The minimum atomic E-state index is 0.647. The van der Waals surface area contributed by atoms with Gasteiger partial charge in [-0.1, -0.05) is 26.7 Å². The van der Waals surface area contributed by atoms with Gasteiger partial charge in [0.25, 0.3) is 0 Å². The van der Waals surface area contributed by atoms with Crippen LogP contribution in [0.25, 0.3) is 0 Å². The van der Waals surface area contributed by atoms with E-state index in [-0.39, 0.29) is 0 Å². The van der Waals surface area contributed by atoms with E-state index in [1.165, 1.54) is 37.0 Å². The molecular weight excluding hydrogens is 196 g/mol. The topological polar surface area (TPSA) is 38.0 Å². The molecule has 2 heteroatoms. The van der Waals surface area contributed by atoms with Gasteiger partial charge in [0.1, 0.15) is 0 Å². The molecule has 0 saturated heterocycles. The first-order valence-electron chi connectivity index (χ1n) is 6.59. The molecule has 0 aromatic carbocycles. The Bertz CT molecular complexity index is 270. The van der Waals surface area contributed by atoms with Gasteiger partial charge >= 0.3 is 0 Å². The lowest BCUT2D eigenvalue weighted by Gasteiger charge is -2.24. The highest BCUT2D eigenvalue weighted by Crippen LogP contribution is 2.20. The van der Waals surface area contributed by atoms with Crippen LogP contribution in [0.15, 0.2) is 23.0 Å². The second kappa shape index (κ2) is 6.62. The summed E-state index contributed by atoms with van der Waals surface area (Å²) in [5.41, 5.74) is 9.56. The molecule has 0 atom stereocenters. The maximum atomic E-state index is 5.90. The van der Waals surface area contributed by atoms with E-state index in [4.69, 9.17) is 5.73 Å². The van der Waals surface area contributed by atoms with Gasteiger partial charge in [0, 0.05) is 17.4 Å². The fraction of sp³-hybridized carbons (Fsp3) is 0.714. The van der Waals surface area contributed by atoms with E-state index in [1.807, 2.05) is 0 Å². The van der Waals surface area contributed by atoms with Crippen molar-refractivity contribution in [3.8, 4) is 0 Å². The number of nitrogens with one attached hydrogen (secondary N) is 1. The van der Waals surface area contributed by atoms with Crippen LogP contribution in [0.4, 0.5) is 0 Å². The Kier molecular flexibility index (Phi) is 5.44. The van der Waals surface area contributed by atoms with E-state index in [1.54, 1.807) is 0 Å². The van der Waals surface area contributed by atoms with Gasteiger partial charge in [-0.05, 0) is 44.3 Å². The van der Waals surface area contributed by atoms with E-state index >= 15 is 0 Å². The molecule has 0 saturated carbocycles. The van der Waals surface area contributed by atoms with Crippen molar-refractivity contribution in [2.24, 2.45) is 5.73 Å². The Labute approximate surface area is 100.0 Å². The molecule has 0 aliphatic heterocycles. The van der Waals surface area contributed by atoms with Crippen molar-refractivity contribution in [1.82, 2.24) is 5.32 Å². The van der Waals surface area contributed by atoms with Gasteiger partial charge in [0.2, 0.25) is 0 Å². The molecule has 0 bridgehead atoms. The molecule has 0 heterocycles. The third kappa shape index (κ3) is 3.92. The highest BCUT2D eigenvalue weighted by Gasteiger charge is 2.12. The molecule has 3 N–H and O–H groups in total. The Balaban J connectivity index is 2.55. The lowest BCUT2D eigenvalue weighted by Crippen LogP contribution is -2.29. The molecule has 0 spiro atoms. The smallest absolute Gasteiger partial charge is 0.0258 e. The van der Waals surface area contributed by atoms with Gasteiger partial charge in [-0.15, -0.1) is 0 Å². The summed E-state index contributed by atoms with van der Waals surface area (Å²) in [5, 5.41) is 3.68. The van der Waals surface area contributed by atoms with Crippen LogP contribution in [-0.4, -0.2) is 6.04 Å². The van der Waals surface area contributed by atoms with Crippen LogP contribution in [0.5, 0.6) is 0 Å². The minimum Gasteiger partial charge on any atom is -0.402 e. The van der Waals surface area contributed by atoms with Crippen molar-refractivity contribution < 1.29 is 0 Å². The van der Waals surface area contributed by atoms with Crippen LogP contribution in [0.2, 0.25) is 0 Å². The van der Waals surface area contributed by atoms with Gasteiger partial charge in [-0.3, -0.25) is 0 Å². The van der Waals surface area contributed by atoms with Crippen LogP contribution in [0.1, 0.15) is 59.3 Å². The summed E-state index contributed by atoms with van der Waals surface area (Å²) in [6, 6.07) is 0.647. The zero-order valence-corrected chi connectivity index (χ0v) is 11.0. The van der Waals surface area contributed by atoms with Gasteiger partial charge in [0.15, 0.2) is 0 Å². The van der Waals surface area contributed by atoms with Crippen molar-refractivity contribution >= 4 is 0 Å². The molecule has 1 rings (SSSR count). The van der Waals surface area contributed by atoms with E-state index in [0.29, 0.717) is 6.04 Å². The van der Waals surface area contributed by atoms with E-state index in [2.05, 4.69) is 32.2 Å².